The van der Waals surface area contributed by atoms with Crippen LogP contribution in [0, 0.1) is 5.92 Å². The van der Waals surface area contributed by atoms with Gasteiger partial charge in [-0.1, -0.05) is 13.0 Å². The van der Waals surface area contributed by atoms with Gasteiger partial charge in [0, 0.05) is 17.5 Å². The highest BCUT2D eigenvalue weighted by Crippen LogP contribution is 2.22. The van der Waals surface area contributed by atoms with Gasteiger partial charge in [0.1, 0.15) is 0 Å². The highest BCUT2D eigenvalue weighted by molar-refractivity contribution is 7.09. The predicted octanol–water partition coefficient (Wildman–Crippen LogP) is 3.09. The lowest BCUT2D eigenvalue weighted by atomic mass is 9.91. The van der Waals surface area contributed by atoms with E-state index in [4.69, 9.17) is 4.74 Å². The van der Waals surface area contributed by atoms with Crippen LogP contribution in [-0.4, -0.2) is 25.8 Å². The van der Waals surface area contributed by atoms with Crippen LogP contribution >= 0.6 is 11.3 Å². The summed E-state index contributed by atoms with van der Waals surface area (Å²) in [5.74, 6) is 0.692. The SMILES string of the molecule is CCCNC1CCOCC1CCc1cccs1. The predicted molar refractivity (Wildman–Crippen MR) is 73.6 cm³/mol. The van der Waals surface area contributed by atoms with Crippen LogP contribution in [0.5, 0.6) is 0 Å². The molecule has 1 saturated heterocycles. The van der Waals surface area contributed by atoms with Crippen molar-refractivity contribution >= 4 is 11.3 Å². The van der Waals surface area contributed by atoms with Gasteiger partial charge in [-0.25, -0.2) is 0 Å². The molecule has 96 valence electrons. The molecule has 2 nitrogen and oxygen atoms in total. The first-order valence-electron chi connectivity index (χ1n) is 6.73. The molecule has 1 N–H and O–H groups in total. The van der Waals surface area contributed by atoms with Crippen LogP contribution in [0.25, 0.3) is 0 Å². The highest BCUT2D eigenvalue weighted by Gasteiger charge is 2.24. The average Bonchev–Trinajstić information content (AvgIpc) is 2.88. The molecule has 2 rings (SSSR count). The maximum atomic E-state index is 5.63. The van der Waals surface area contributed by atoms with E-state index in [1.165, 1.54) is 30.6 Å². The summed E-state index contributed by atoms with van der Waals surface area (Å²) in [7, 11) is 0. The second-order valence-corrected chi connectivity index (χ2v) is 5.83. The van der Waals surface area contributed by atoms with Gasteiger partial charge < -0.3 is 10.1 Å². The molecule has 0 aliphatic carbocycles. The minimum absolute atomic E-state index is 0.670. The smallest absolute Gasteiger partial charge is 0.0509 e. The number of nitrogens with one attached hydrogen (secondary N) is 1. The molecule has 0 aromatic carbocycles. The molecule has 2 unspecified atom stereocenters. The van der Waals surface area contributed by atoms with Crippen molar-refractivity contribution in [1.82, 2.24) is 5.32 Å². The second kappa shape index (κ2) is 7.14. The van der Waals surface area contributed by atoms with Crippen LogP contribution in [0.4, 0.5) is 0 Å². The van der Waals surface area contributed by atoms with Crippen LogP contribution in [-0.2, 0) is 11.2 Å². The molecule has 17 heavy (non-hydrogen) atoms. The first-order chi connectivity index (χ1) is 8.40. The van der Waals surface area contributed by atoms with Crippen molar-refractivity contribution in [3.63, 3.8) is 0 Å². The lowest BCUT2D eigenvalue weighted by molar-refractivity contribution is 0.0290. The Morgan fingerprint density at radius 3 is 3.24 bits per heavy atom. The van der Waals surface area contributed by atoms with Gasteiger partial charge in [-0.15, -0.1) is 11.3 Å². The molecule has 0 bridgehead atoms. The first kappa shape index (κ1) is 13.1. The van der Waals surface area contributed by atoms with Gasteiger partial charge in [0.2, 0.25) is 0 Å². The molecule has 3 heteroatoms. The van der Waals surface area contributed by atoms with Crippen LogP contribution < -0.4 is 5.32 Å². The van der Waals surface area contributed by atoms with Crippen LogP contribution in [0.1, 0.15) is 31.1 Å². The number of hydrogen-bond donors (Lipinski definition) is 1. The number of thiophene rings is 1. The van der Waals surface area contributed by atoms with Crippen molar-refractivity contribution in [3.8, 4) is 0 Å². The molecular weight excluding hydrogens is 230 g/mol. The summed E-state index contributed by atoms with van der Waals surface area (Å²) in [5.41, 5.74) is 0. The summed E-state index contributed by atoms with van der Waals surface area (Å²) < 4.78 is 5.63. The molecule has 1 aromatic rings. The van der Waals surface area contributed by atoms with E-state index in [0.717, 1.165) is 19.8 Å². The van der Waals surface area contributed by atoms with Crippen LogP contribution in [0.2, 0.25) is 0 Å². The fraction of sp³-hybridized carbons (Fsp3) is 0.714. The van der Waals surface area contributed by atoms with Crippen molar-refractivity contribution in [2.24, 2.45) is 5.92 Å². The lowest BCUT2D eigenvalue weighted by Gasteiger charge is -2.32. The number of hydrogen-bond acceptors (Lipinski definition) is 3. The molecule has 0 radical (unpaired) electrons. The van der Waals surface area contributed by atoms with Gasteiger partial charge in [-0.2, -0.15) is 0 Å². The van der Waals surface area contributed by atoms with Crippen molar-refractivity contribution in [2.75, 3.05) is 19.8 Å². The van der Waals surface area contributed by atoms with E-state index >= 15 is 0 Å². The Morgan fingerprint density at radius 1 is 1.53 bits per heavy atom. The molecular formula is C14H23NOS. The molecule has 1 aliphatic rings. The quantitative estimate of drug-likeness (QED) is 0.841. The lowest BCUT2D eigenvalue weighted by Crippen LogP contribution is -2.43. The normalized spacial score (nSPS) is 25.0. The molecule has 2 atom stereocenters. The largest absolute Gasteiger partial charge is 0.381 e. The van der Waals surface area contributed by atoms with E-state index < -0.39 is 0 Å². The molecule has 1 fully saturated rings. The van der Waals surface area contributed by atoms with Gasteiger partial charge >= 0.3 is 0 Å². The van der Waals surface area contributed by atoms with E-state index in [1.54, 1.807) is 0 Å². The van der Waals surface area contributed by atoms with Gasteiger partial charge in [0.05, 0.1) is 6.61 Å². The van der Waals surface area contributed by atoms with Gasteiger partial charge in [-0.05, 0) is 49.6 Å². The average molecular weight is 253 g/mol. The van der Waals surface area contributed by atoms with E-state index in [9.17, 15) is 0 Å². The van der Waals surface area contributed by atoms with E-state index in [0.29, 0.717) is 12.0 Å². The Balaban J connectivity index is 1.79. The number of rotatable bonds is 6. The first-order valence-corrected chi connectivity index (χ1v) is 7.61. The van der Waals surface area contributed by atoms with E-state index in [-0.39, 0.29) is 0 Å². The van der Waals surface area contributed by atoms with Gasteiger partial charge in [-0.3, -0.25) is 0 Å². The molecule has 0 amide bonds. The fourth-order valence-electron chi connectivity index (χ4n) is 2.46. The summed E-state index contributed by atoms with van der Waals surface area (Å²) in [6, 6.07) is 5.05. The standard InChI is InChI=1S/C14H23NOS/c1-2-8-15-14-7-9-16-11-12(14)5-6-13-4-3-10-17-13/h3-4,10,12,14-15H,2,5-9,11H2,1H3. The van der Waals surface area contributed by atoms with Crippen molar-refractivity contribution in [1.29, 1.82) is 0 Å². The van der Waals surface area contributed by atoms with Crippen molar-refractivity contribution in [3.05, 3.63) is 22.4 Å². The van der Waals surface area contributed by atoms with E-state index in [1.807, 2.05) is 11.3 Å². The zero-order valence-electron chi connectivity index (χ0n) is 10.7. The highest BCUT2D eigenvalue weighted by atomic mass is 32.1. The van der Waals surface area contributed by atoms with Gasteiger partial charge in [0.25, 0.3) is 0 Å². The van der Waals surface area contributed by atoms with E-state index in [2.05, 4.69) is 29.8 Å². The summed E-state index contributed by atoms with van der Waals surface area (Å²) in [6.07, 6.45) is 4.85. The maximum absolute atomic E-state index is 5.63. The Bertz CT molecular complexity index is 299. The second-order valence-electron chi connectivity index (χ2n) is 4.80. The zero-order valence-corrected chi connectivity index (χ0v) is 11.5. The molecule has 1 aliphatic heterocycles. The molecule has 2 heterocycles. The number of aryl methyl sites for hydroxylation is 1. The Hall–Kier alpha value is -0.380. The third kappa shape index (κ3) is 4.09. The zero-order chi connectivity index (χ0) is 11.9. The van der Waals surface area contributed by atoms with Gasteiger partial charge in [0.15, 0.2) is 0 Å². The maximum Gasteiger partial charge on any atom is 0.0509 e. The van der Waals surface area contributed by atoms with Crippen molar-refractivity contribution < 1.29 is 4.74 Å². The summed E-state index contributed by atoms with van der Waals surface area (Å²) in [6.45, 7) is 5.23. The monoisotopic (exact) mass is 253 g/mol. The summed E-state index contributed by atoms with van der Waals surface area (Å²) >= 11 is 1.87. The van der Waals surface area contributed by atoms with Crippen LogP contribution in [0.3, 0.4) is 0 Å². The third-order valence-electron chi connectivity index (χ3n) is 3.47. The summed E-state index contributed by atoms with van der Waals surface area (Å²) in [4.78, 5) is 1.50. The fourth-order valence-corrected chi connectivity index (χ4v) is 3.19. The Labute approximate surface area is 108 Å². The molecule has 1 aromatic heterocycles. The minimum atomic E-state index is 0.670. The Morgan fingerprint density at radius 2 is 2.47 bits per heavy atom. The minimum Gasteiger partial charge on any atom is -0.381 e. The molecule has 0 spiro atoms. The summed E-state index contributed by atoms with van der Waals surface area (Å²) in [5, 5.41) is 5.84. The topological polar surface area (TPSA) is 21.3 Å². The number of ether oxygens (including phenoxy) is 1. The Kier molecular flexibility index (Phi) is 5.49. The third-order valence-corrected chi connectivity index (χ3v) is 4.41. The molecule has 0 saturated carbocycles. The van der Waals surface area contributed by atoms with Crippen LogP contribution in [0.15, 0.2) is 17.5 Å². The van der Waals surface area contributed by atoms with Crippen molar-refractivity contribution in [2.45, 2.75) is 38.6 Å².